The molecule has 7 heteroatoms. The molecule has 3 rings (SSSR count). The second-order valence-electron chi connectivity index (χ2n) is 5.01. The molecule has 0 fully saturated rings. The number of aryl methyl sites for hydroxylation is 1. The number of carbonyl (C=O) groups is 1. The van der Waals surface area contributed by atoms with Crippen LogP contribution in [0.4, 0.5) is 9.52 Å². The fourth-order valence-electron chi connectivity index (χ4n) is 2.18. The fraction of sp³-hybridized carbons (Fsp3) is 0.0588. The van der Waals surface area contributed by atoms with E-state index in [9.17, 15) is 9.18 Å². The van der Waals surface area contributed by atoms with E-state index >= 15 is 0 Å². The van der Waals surface area contributed by atoms with E-state index in [2.05, 4.69) is 10.3 Å². The van der Waals surface area contributed by atoms with Gasteiger partial charge in [0, 0.05) is 21.0 Å². The van der Waals surface area contributed by atoms with Crippen molar-refractivity contribution in [3.63, 3.8) is 0 Å². The first-order chi connectivity index (χ1) is 11.4. The number of amides is 1. The van der Waals surface area contributed by atoms with Crippen molar-refractivity contribution >= 4 is 45.6 Å². The molecule has 3 nitrogen and oxygen atoms in total. The quantitative estimate of drug-likeness (QED) is 0.622. The summed E-state index contributed by atoms with van der Waals surface area (Å²) >= 11 is 13.4. The highest BCUT2D eigenvalue weighted by molar-refractivity contribution is 7.16. The van der Waals surface area contributed by atoms with Crippen molar-refractivity contribution in [1.82, 2.24) is 4.98 Å². The Hall–Kier alpha value is -1.95. The zero-order valence-corrected chi connectivity index (χ0v) is 14.8. The Kier molecular flexibility index (Phi) is 4.85. The zero-order valence-electron chi connectivity index (χ0n) is 12.4. The van der Waals surface area contributed by atoms with Crippen molar-refractivity contribution in [3.8, 4) is 11.3 Å². The van der Waals surface area contributed by atoms with E-state index in [0.717, 1.165) is 10.4 Å². The van der Waals surface area contributed by atoms with Crippen LogP contribution in [0.15, 0.2) is 42.5 Å². The number of rotatable bonds is 3. The van der Waals surface area contributed by atoms with Gasteiger partial charge in [-0.3, -0.25) is 10.1 Å². The molecule has 0 aliphatic carbocycles. The minimum Gasteiger partial charge on any atom is -0.298 e. The summed E-state index contributed by atoms with van der Waals surface area (Å²) < 4.78 is 13.2. The highest BCUT2D eigenvalue weighted by atomic mass is 35.5. The molecule has 1 amide bonds. The van der Waals surface area contributed by atoms with E-state index in [-0.39, 0.29) is 5.56 Å². The van der Waals surface area contributed by atoms with Crippen LogP contribution in [0.2, 0.25) is 10.0 Å². The minimum absolute atomic E-state index is 0.230. The van der Waals surface area contributed by atoms with Crippen molar-refractivity contribution in [2.45, 2.75) is 6.92 Å². The Bertz CT molecular complexity index is 927. The standard InChI is InChI=1S/C17H11Cl2FN2OS/c1-9-15(13-6-5-11(18)8-14(13)19)21-17(24-9)22-16(23)10-3-2-4-12(20)7-10/h2-8H,1H3,(H,21,22,23). The van der Waals surface area contributed by atoms with E-state index in [1.807, 2.05) is 6.92 Å². The van der Waals surface area contributed by atoms with Crippen LogP contribution >= 0.6 is 34.5 Å². The number of hydrogen-bond acceptors (Lipinski definition) is 3. The van der Waals surface area contributed by atoms with Crippen LogP contribution in [0.1, 0.15) is 15.2 Å². The molecule has 2 aromatic carbocycles. The number of hydrogen-bond donors (Lipinski definition) is 1. The molecule has 3 aromatic rings. The van der Waals surface area contributed by atoms with Gasteiger partial charge in [-0.05, 0) is 43.3 Å². The van der Waals surface area contributed by atoms with Gasteiger partial charge in [-0.2, -0.15) is 0 Å². The van der Waals surface area contributed by atoms with Gasteiger partial charge in [-0.15, -0.1) is 11.3 Å². The van der Waals surface area contributed by atoms with Crippen LogP contribution < -0.4 is 5.32 Å². The van der Waals surface area contributed by atoms with Gasteiger partial charge in [-0.1, -0.05) is 29.3 Å². The van der Waals surface area contributed by atoms with Gasteiger partial charge in [0.15, 0.2) is 5.13 Å². The molecule has 0 saturated carbocycles. The number of carbonyl (C=O) groups excluding carboxylic acids is 1. The molecule has 0 aliphatic rings. The lowest BCUT2D eigenvalue weighted by Crippen LogP contribution is -2.11. The number of nitrogens with zero attached hydrogens (tertiary/aromatic N) is 1. The van der Waals surface area contributed by atoms with E-state index in [4.69, 9.17) is 23.2 Å². The maximum absolute atomic E-state index is 13.2. The molecule has 1 N–H and O–H groups in total. The smallest absolute Gasteiger partial charge is 0.257 e. The van der Waals surface area contributed by atoms with Crippen LogP contribution in [0.3, 0.4) is 0 Å². The van der Waals surface area contributed by atoms with Crippen LogP contribution in [-0.2, 0) is 0 Å². The first-order valence-electron chi connectivity index (χ1n) is 6.94. The monoisotopic (exact) mass is 380 g/mol. The molecule has 122 valence electrons. The largest absolute Gasteiger partial charge is 0.298 e. The van der Waals surface area contributed by atoms with Crippen molar-refractivity contribution in [2.75, 3.05) is 5.32 Å². The Morgan fingerprint density at radius 2 is 2.00 bits per heavy atom. The van der Waals surface area contributed by atoms with Crippen LogP contribution in [0.25, 0.3) is 11.3 Å². The van der Waals surface area contributed by atoms with Crippen molar-refractivity contribution in [1.29, 1.82) is 0 Å². The van der Waals surface area contributed by atoms with Crippen molar-refractivity contribution in [3.05, 3.63) is 68.8 Å². The molecule has 0 radical (unpaired) electrons. The third-order valence-electron chi connectivity index (χ3n) is 3.29. The lowest BCUT2D eigenvalue weighted by molar-refractivity contribution is 0.102. The lowest BCUT2D eigenvalue weighted by Gasteiger charge is -2.03. The number of benzene rings is 2. The molecular weight excluding hydrogens is 370 g/mol. The molecule has 0 unspecified atom stereocenters. The third-order valence-corrected chi connectivity index (χ3v) is 4.72. The second-order valence-corrected chi connectivity index (χ2v) is 7.06. The average molecular weight is 381 g/mol. The number of nitrogens with one attached hydrogen (secondary N) is 1. The predicted molar refractivity (Wildman–Crippen MR) is 96.7 cm³/mol. The zero-order chi connectivity index (χ0) is 17.3. The summed E-state index contributed by atoms with van der Waals surface area (Å²) in [5, 5.41) is 4.12. The van der Waals surface area contributed by atoms with Gasteiger partial charge < -0.3 is 0 Å². The molecule has 0 aliphatic heterocycles. The summed E-state index contributed by atoms with van der Waals surface area (Å²) in [6.07, 6.45) is 0. The van der Waals surface area contributed by atoms with Gasteiger partial charge in [0.2, 0.25) is 0 Å². The second kappa shape index (κ2) is 6.89. The summed E-state index contributed by atoms with van der Waals surface area (Å²) in [6.45, 7) is 1.88. The molecule has 1 heterocycles. The Labute approximate surface area is 152 Å². The maximum atomic E-state index is 13.2. The van der Waals surface area contributed by atoms with E-state index in [1.54, 1.807) is 18.2 Å². The summed E-state index contributed by atoms with van der Waals surface area (Å²) in [4.78, 5) is 17.5. The van der Waals surface area contributed by atoms with Gasteiger partial charge in [-0.25, -0.2) is 9.37 Å². The topological polar surface area (TPSA) is 42.0 Å². The van der Waals surface area contributed by atoms with Gasteiger partial charge in [0.25, 0.3) is 5.91 Å². The van der Waals surface area contributed by atoms with Crippen molar-refractivity contribution < 1.29 is 9.18 Å². The average Bonchev–Trinajstić information content (AvgIpc) is 2.87. The van der Waals surface area contributed by atoms with E-state index < -0.39 is 11.7 Å². The van der Waals surface area contributed by atoms with E-state index in [0.29, 0.717) is 20.9 Å². The normalized spacial score (nSPS) is 10.7. The predicted octanol–water partition coefficient (Wildman–Crippen LogP) is 5.82. The molecule has 24 heavy (non-hydrogen) atoms. The highest BCUT2D eigenvalue weighted by Gasteiger charge is 2.15. The SMILES string of the molecule is Cc1sc(NC(=O)c2cccc(F)c2)nc1-c1ccc(Cl)cc1Cl. The van der Waals surface area contributed by atoms with Gasteiger partial charge in [0.1, 0.15) is 5.82 Å². The Morgan fingerprint density at radius 3 is 2.71 bits per heavy atom. The number of anilines is 1. The van der Waals surface area contributed by atoms with Gasteiger partial charge >= 0.3 is 0 Å². The van der Waals surface area contributed by atoms with E-state index in [1.165, 1.54) is 35.6 Å². The fourth-order valence-corrected chi connectivity index (χ4v) is 3.50. The van der Waals surface area contributed by atoms with Gasteiger partial charge in [0.05, 0.1) is 10.7 Å². The maximum Gasteiger partial charge on any atom is 0.257 e. The number of aromatic nitrogens is 1. The molecule has 0 spiro atoms. The summed E-state index contributed by atoms with van der Waals surface area (Å²) in [7, 11) is 0. The minimum atomic E-state index is -0.466. The highest BCUT2D eigenvalue weighted by Crippen LogP contribution is 2.35. The van der Waals surface area contributed by atoms with Crippen LogP contribution in [-0.4, -0.2) is 10.9 Å². The molecular formula is C17H11Cl2FN2OS. The van der Waals surface area contributed by atoms with Crippen molar-refractivity contribution in [2.24, 2.45) is 0 Å². The lowest BCUT2D eigenvalue weighted by atomic mass is 10.1. The summed E-state index contributed by atoms with van der Waals surface area (Å²) in [6, 6.07) is 10.6. The summed E-state index contributed by atoms with van der Waals surface area (Å²) in [5.74, 6) is -0.886. The third kappa shape index (κ3) is 3.59. The number of thiazole rings is 1. The molecule has 0 bridgehead atoms. The molecule has 1 aromatic heterocycles. The Morgan fingerprint density at radius 1 is 1.21 bits per heavy atom. The first-order valence-corrected chi connectivity index (χ1v) is 8.51. The Balaban J connectivity index is 1.88. The molecule has 0 atom stereocenters. The number of halogens is 3. The summed E-state index contributed by atoms with van der Waals surface area (Å²) in [5.41, 5.74) is 1.64. The molecule has 0 saturated heterocycles. The van der Waals surface area contributed by atoms with Crippen LogP contribution in [0.5, 0.6) is 0 Å². The first kappa shape index (κ1) is 16.9. The van der Waals surface area contributed by atoms with Crippen LogP contribution in [0, 0.1) is 12.7 Å².